The molecule has 2 aliphatic heterocycles. The van der Waals surface area contributed by atoms with Gasteiger partial charge in [-0.1, -0.05) is 6.07 Å². The topological polar surface area (TPSA) is 32.3 Å². The highest BCUT2D eigenvalue weighted by Crippen LogP contribution is 2.23. The van der Waals surface area contributed by atoms with Gasteiger partial charge in [0.05, 0.1) is 0 Å². The Morgan fingerprint density at radius 2 is 1.80 bits per heavy atom. The standard InChI is InChI=1S/C14H16F2N2O.ClH/c15-11-2-1-3-12(16)13(11)14(19)18-7-6-9-4-5-10(8-18)17-9;/h1-3,9-10,17H,4-8H2;1H. The van der Waals surface area contributed by atoms with Crippen LogP contribution in [0.3, 0.4) is 0 Å². The second-order valence-electron chi connectivity index (χ2n) is 5.27. The number of likely N-dealkylation sites (tertiary alicyclic amines) is 1. The third-order valence-corrected chi connectivity index (χ3v) is 3.99. The number of rotatable bonds is 1. The average molecular weight is 303 g/mol. The number of hydrogen-bond donors (Lipinski definition) is 1. The second kappa shape index (κ2) is 6.06. The van der Waals surface area contributed by atoms with Crippen molar-refractivity contribution in [3.05, 3.63) is 35.4 Å². The van der Waals surface area contributed by atoms with Gasteiger partial charge in [0, 0.05) is 25.2 Å². The molecule has 1 amide bonds. The highest BCUT2D eigenvalue weighted by atomic mass is 35.5. The van der Waals surface area contributed by atoms with Gasteiger partial charge in [0.25, 0.3) is 5.91 Å². The Hall–Kier alpha value is -1.20. The zero-order valence-corrected chi connectivity index (χ0v) is 11.8. The van der Waals surface area contributed by atoms with Gasteiger partial charge in [-0.3, -0.25) is 4.79 Å². The zero-order chi connectivity index (χ0) is 13.4. The van der Waals surface area contributed by atoms with E-state index in [1.54, 1.807) is 4.90 Å². The summed E-state index contributed by atoms with van der Waals surface area (Å²) in [6.07, 6.45) is 2.99. The normalized spacial score (nSPS) is 25.0. The van der Waals surface area contributed by atoms with E-state index in [-0.39, 0.29) is 18.4 Å². The van der Waals surface area contributed by atoms with E-state index in [0.29, 0.717) is 19.1 Å². The van der Waals surface area contributed by atoms with Crippen molar-refractivity contribution in [2.24, 2.45) is 0 Å². The fourth-order valence-corrected chi connectivity index (χ4v) is 2.99. The minimum absolute atomic E-state index is 0. The lowest BCUT2D eigenvalue weighted by Crippen LogP contribution is -2.39. The van der Waals surface area contributed by atoms with Crippen LogP contribution in [0.25, 0.3) is 0 Å². The number of nitrogens with one attached hydrogen (secondary N) is 1. The van der Waals surface area contributed by atoms with Gasteiger partial charge in [0.1, 0.15) is 17.2 Å². The van der Waals surface area contributed by atoms with Crippen molar-refractivity contribution in [1.29, 1.82) is 0 Å². The van der Waals surface area contributed by atoms with Gasteiger partial charge in [0.2, 0.25) is 0 Å². The van der Waals surface area contributed by atoms with Crippen molar-refractivity contribution in [2.75, 3.05) is 13.1 Å². The molecule has 2 fully saturated rings. The van der Waals surface area contributed by atoms with Crippen LogP contribution in [0.1, 0.15) is 29.6 Å². The van der Waals surface area contributed by atoms with Crippen LogP contribution in [-0.4, -0.2) is 36.0 Å². The molecule has 0 saturated carbocycles. The highest BCUT2D eigenvalue weighted by molar-refractivity contribution is 5.94. The molecule has 2 unspecified atom stereocenters. The lowest BCUT2D eigenvalue weighted by Gasteiger charge is -2.24. The maximum absolute atomic E-state index is 13.6. The summed E-state index contributed by atoms with van der Waals surface area (Å²) in [6.45, 7) is 1.09. The van der Waals surface area contributed by atoms with Crippen molar-refractivity contribution in [3.8, 4) is 0 Å². The van der Waals surface area contributed by atoms with Crippen LogP contribution in [0.2, 0.25) is 0 Å². The largest absolute Gasteiger partial charge is 0.337 e. The number of carbonyl (C=O) groups is 1. The number of hydrogen-bond acceptors (Lipinski definition) is 2. The summed E-state index contributed by atoms with van der Waals surface area (Å²) in [7, 11) is 0. The first-order chi connectivity index (χ1) is 9.15. The summed E-state index contributed by atoms with van der Waals surface area (Å²) in [5, 5.41) is 3.44. The van der Waals surface area contributed by atoms with E-state index >= 15 is 0 Å². The van der Waals surface area contributed by atoms with E-state index in [0.717, 1.165) is 31.4 Å². The monoisotopic (exact) mass is 302 g/mol. The number of fused-ring (bicyclic) bond motifs is 2. The summed E-state index contributed by atoms with van der Waals surface area (Å²) >= 11 is 0. The van der Waals surface area contributed by atoms with Crippen molar-refractivity contribution in [2.45, 2.75) is 31.3 Å². The Morgan fingerprint density at radius 1 is 1.15 bits per heavy atom. The predicted molar refractivity (Wildman–Crippen MR) is 74.1 cm³/mol. The highest BCUT2D eigenvalue weighted by Gasteiger charge is 2.32. The third kappa shape index (κ3) is 2.79. The molecule has 1 aromatic rings. The Morgan fingerprint density at radius 3 is 2.50 bits per heavy atom. The molecular formula is C14H17ClF2N2O. The first kappa shape index (κ1) is 15.2. The van der Waals surface area contributed by atoms with Gasteiger partial charge in [-0.05, 0) is 31.4 Å². The Bertz CT molecular complexity index is 492. The molecule has 2 aliphatic rings. The number of carbonyl (C=O) groups excluding carboxylic acids is 1. The van der Waals surface area contributed by atoms with E-state index in [4.69, 9.17) is 0 Å². The smallest absolute Gasteiger partial charge is 0.259 e. The fraction of sp³-hybridized carbons (Fsp3) is 0.500. The van der Waals surface area contributed by atoms with Crippen molar-refractivity contribution < 1.29 is 13.6 Å². The van der Waals surface area contributed by atoms with Crippen LogP contribution in [0.15, 0.2) is 18.2 Å². The minimum atomic E-state index is -0.785. The zero-order valence-electron chi connectivity index (χ0n) is 10.9. The molecule has 2 atom stereocenters. The van der Waals surface area contributed by atoms with Crippen LogP contribution in [-0.2, 0) is 0 Å². The molecule has 1 aromatic carbocycles. The molecule has 2 bridgehead atoms. The number of amides is 1. The van der Waals surface area contributed by atoms with Crippen LogP contribution < -0.4 is 5.32 Å². The molecule has 2 saturated heterocycles. The van der Waals surface area contributed by atoms with Crippen molar-refractivity contribution in [1.82, 2.24) is 10.2 Å². The third-order valence-electron chi connectivity index (χ3n) is 3.99. The molecule has 0 spiro atoms. The Balaban J connectivity index is 0.00000147. The minimum Gasteiger partial charge on any atom is -0.337 e. The summed E-state index contributed by atoms with van der Waals surface area (Å²) in [4.78, 5) is 13.9. The van der Waals surface area contributed by atoms with E-state index in [1.165, 1.54) is 6.07 Å². The molecule has 2 heterocycles. The van der Waals surface area contributed by atoms with E-state index < -0.39 is 23.1 Å². The Kier molecular flexibility index (Phi) is 4.60. The fourth-order valence-electron chi connectivity index (χ4n) is 2.99. The van der Waals surface area contributed by atoms with Gasteiger partial charge in [0.15, 0.2) is 0 Å². The van der Waals surface area contributed by atoms with Gasteiger partial charge in [-0.15, -0.1) is 12.4 Å². The first-order valence-corrected chi connectivity index (χ1v) is 6.64. The van der Waals surface area contributed by atoms with Crippen LogP contribution >= 0.6 is 12.4 Å². The molecule has 0 aliphatic carbocycles. The molecule has 3 rings (SSSR count). The van der Waals surface area contributed by atoms with Crippen LogP contribution in [0, 0.1) is 11.6 Å². The van der Waals surface area contributed by atoms with Crippen molar-refractivity contribution >= 4 is 18.3 Å². The van der Waals surface area contributed by atoms with Crippen molar-refractivity contribution in [3.63, 3.8) is 0 Å². The Labute approximate surface area is 122 Å². The van der Waals surface area contributed by atoms with E-state index in [2.05, 4.69) is 5.32 Å². The van der Waals surface area contributed by atoms with E-state index in [9.17, 15) is 13.6 Å². The summed E-state index contributed by atoms with van der Waals surface area (Å²) in [5.41, 5.74) is -0.430. The number of nitrogens with zero attached hydrogens (tertiary/aromatic N) is 1. The molecule has 1 N–H and O–H groups in total. The summed E-state index contributed by atoms with van der Waals surface area (Å²) in [5.74, 6) is -2.11. The lowest BCUT2D eigenvalue weighted by atomic mass is 10.1. The molecule has 110 valence electrons. The molecule has 0 radical (unpaired) electrons. The summed E-state index contributed by atoms with van der Waals surface area (Å²) in [6, 6.07) is 4.21. The van der Waals surface area contributed by atoms with Gasteiger partial charge in [-0.25, -0.2) is 8.78 Å². The average Bonchev–Trinajstić information content (AvgIpc) is 2.68. The molecule has 6 heteroatoms. The molecule has 3 nitrogen and oxygen atoms in total. The van der Waals surface area contributed by atoms with Crippen LogP contribution in [0.5, 0.6) is 0 Å². The van der Waals surface area contributed by atoms with E-state index in [1.807, 2.05) is 0 Å². The molecular weight excluding hydrogens is 286 g/mol. The van der Waals surface area contributed by atoms with Gasteiger partial charge in [-0.2, -0.15) is 0 Å². The van der Waals surface area contributed by atoms with Crippen LogP contribution in [0.4, 0.5) is 8.78 Å². The molecule has 0 aromatic heterocycles. The second-order valence-corrected chi connectivity index (χ2v) is 5.27. The number of benzene rings is 1. The molecule has 20 heavy (non-hydrogen) atoms. The predicted octanol–water partition coefficient (Wildman–Crippen LogP) is 2.35. The SMILES string of the molecule is Cl.O=C(c1c(F)cccc1F)N1CCC2CCC(C1)N2. The van der Waals surface area contributed by atoms with Gasteiger partial charge >= 0.3 is 0 Å². The van der Waals surface area contributed by atoms with Gasteiger partial charge < -0.3 is 10.2 Å². The first-order valence-electron chi connectivity index (χ1n) is 6.64. The maximum Gasteiger partial charge on any atom is 0.259 e. The quantitative estimate of drug-likeness (QED) is 0.864. The maximum atomic E-state index is 13.6. The summed E-state index contributed by atoms with van der Waals surface area (Å²) < 4.78 is 27.3. The lowest BCUT2D eigenvalue weighted by molar-refractivity contribution is 0.0738. The number of halogens is 3.